The molecule has 3 aromatic rings. The van der Waals surface area contributed by atoms with E-state index >= 15 is 0 Å². The first kappa shape index (κ1) is 23.3. The molecule has 7 nitrogen and oxygen atoms in total. The van der Waals surface area contributed by atoms with Crippen LogP contribution in [-0.4, -0.2) is 41.3 Å². The molecule has 2 N–H and O–H groups in total. The third kappa shape index (κ3) is 6.13. The van der Waals surface area contributed by atoms with Crippen LogP contribution in [0.3, 0.4) is 0 Å². The zero-order chi connectivity index (χ0) is 23.2. The SMILES string of the molecule is O=C(COc1ccc(C2SCCS2)cc1)N/N=C\c1ccc(-c2cc(C(=O)O)ccc2Cl)o1. The average molecular weight is 503 g/mol. The van der Waals surface area contributed by atoms with E-state index in [1.54, 1.807) is 12.1 Å². The third-order valence-corrected chi connectivity index (χ3v) is 8.06. The van der Waals surface area contributed by atoms with Crippen molar-refractivity contribution in [3.63, 3.8) is 0 Å². The molecule has 33 heavy (non-hydrogen) atoms. The Balaban J connectivity index is 1.28. The van der Waals surface area contributed by atoms with Crippen LogP contribution in [0.25, 0.3) is 11.3 Å². The summed E-state index contributed by atoms with van der Waals surface area (Å²) in [6.45, 7) is -0.176. The van der Waals surface area contributed by atoms with Gasteiger partial charge in [-0.2, -0.15) is 5.10 Å². The van der Waals surface area contributed by atoms with Gasteiger partial charge in [0.05, 0.1) is 21.4 Å². The second-order valence-corrected chi connectivity index (χ2v) is 10.1. The second-order valence-electron chi connectivity index (χ2n) is 6.93. The molecule has 0 bridgehead atoms. The van der Waals surface area contributed by atoms with Crippen LogP contribution >= 0.6 is 35.1 Å². The van der Waals surface area contributed by atoms with Crippen molar-refractivity contribution in [2.24, 2.45) is 5.10 Å². The zero-order valence-electron chi connectivity index (χ0n) is 17.2. The van der Waals surface area contributed by atoms with Crippen molar-refractivity contribution in [1.29, 1.82) is 0 Å². The number of rotatable bonds is 8. The number of carbonyl (C=O) groups excluding carboxylic acids is 1. The van der Waals surface area contributed by atoms with Gasteiger partial charge in [0, 0.05) is 17.1 Å². The van der Waals surface area contributed by atoms with Gasteiger partial charge in [0.15, 0.2) is 6.61 Å². The maximum absolute atomic E-state index is 12.0. The number of hydrazone groups is 1. The Kier molecular flexibility index (Phi) is 7.64. The van der Waals surface area contributed by atoms with E-state index in [1.807, 2.05) is 47.8 Å². The Morgan fingerprint density at radius 1 is 1.15 bits per heavy atom. The summed E-state index contributed by atoms with van der Waals surface area (Å²) >= 11 is 10.0. The lowest BCUT2D eigenvalue weighted by Crippen LogP contribution is -2.24. The highest BCUT2D eigenvalue weighted by molar-refractivity contribution is 8.19. The number of amides is 1. The van der Waals surface area contributed by atoms with Crippen LogP contribution in [-0.2, 0) is 4.79 Å². The van der Waals surface area contributed by atoms with Crippen LogP contribution in [0, 0.1) is 0 Å². The topological polar surface area (TPSA) is 101 Å². The van der Waals surface area contributed by atoms with Crippen molar-refractivity contribution in [2.45, 2.75) is 4.58 Å². The molecular formula is C23H19ClN2O5S2. The number of nitrogens with zero attached hydrogens (tertiary/aromatic N) is 1. The van der Waals surface area contributed by atoms with Gasteiger partial charge in [-0.25, -0.2) is 10.2 Å². The molecule has 170 valence electrons. The van der Waals surface area contributed by atoms with Crippen LogP contribution in [0.4, 0.5) is 0 Å². The standard InChI is InChI=1S/C23H19ClN2O5S2/c24-19-7-3-15(22(28)29)11-18(19)20-8-6-17(31-20)12-25-26-21(27)13-30-16-4-1-14(2-5-16)23-32-9-10-33-23/h1-8,11-12,23H,9-10,13H2,(H,26,27)(H,28,29)/b25-12-. The molecule has 0 unspecified atom stereocenters. The molecule has 1 amide bonds. The lowest BCUT2D eigenvalue weighted by atomic mass is 10.1. The predicted octanol–water partition coefficient (Wildman–Crippen LogP) is 5.31. The molecule has 1 fully saturated rings. The van der Waals surface area contributed by atoms with Gasteiger partial charge >= 0.3 is 5.97 Å². The lowest BCUT2D eigenvalue weighted by Gasteiger charge is -2.09. The van der Waals surface area contributed by atoms with Gasteiger partial charge in [-0.3, -0.25) is 4.79 Å². The third-order valence-electron chi connectivity index (χ3n) is 4.63. The highest BCUT2D eigenvalue weighted by atomic mass is 35.5. The van der Waals surface area contributed by atoms with Crippen molar-refractivity contribution in [2.75, 3.05) is 18.1 Å². The van der Waals surface area contributed by atoms with E-state index in [0.717, 1.165) is 0 Å². The molecule has 2 aromatic carbocycles. The number of hydrogen-bond donors (Lipinski definition) is 2. The summed E-state index contributed by atoms with van der Waals surface area (Å²) < 4.78 is 11.6. The normalized spacial score (nSPS) is 14.0. The fraction of sp³-hybridized carbons (Fsp3) is 0.174. The maximum atomic E-state index is 12.0. The monoisotopic (exact) mass is 502 g/mol. The maximum Gasteiger partial charge on any atom is 0.335 e. The van der Waals surface area contributed by atoms with E-state index in [1.165, 1.54) is 41.5 Å². The number of carboxylic acids is 1. The number of carboxylic acid groups (broad SMARTS) is 1. The quantitative estimate of drug-likeness (QED) is 0.318. The molecule has 1 aromatic heterocycles. The minimum atomic E-state index is -1.06. The molecule has 1 aliphatic rings. The highest BCUT2D eigenvalue weighted by Gasteiger charge is 2.18. The summed E-state index contributed by atoms with van der Waals surface area (Å²) in [4.78, 5) is 23.2. The summed E-state index contributed by atoms with van der Waals surface area (Å²) in [5.41, 5.74) is 4.17. The van der Waals surface area contributed by atoms with Crippen molar-refractivity contribution in [1.82, 2.24) is 5.43 Å². The number of ether oxygens (including phenoxy) is 1. The van der Waals surface area contributed by atoms with E-state index in [9.17, 15) is 9.59 Å². The lowest BCUT2D eigenvalue weighted by molar-refractivity contribution is -0.123. The molecule has 1 saturated heterocycles. The minimum absolute atomic E-state index is 0.0965. The van der Waals surface area contributed by atoms with Crippen molar-refractivity contribution < 1.29 is 23.8 Å². The molecule has 2 heterocycles. The molecule has 10 heteroatoms. The van der Waals surface area contributed by atoms with Gasteiger partial charge in [-0.05, 0) is 48.0 Å². The van der Waals surface area contributed by atoms with Crippen molar-refractivity contribution >= 4 is 53.2 Å². The number of carbonyl (C=O) groups is 2. The minimum Gasteiger partial charge on any atom is -0.484 e. The van der Waals surface area contributed by atoms with Gasteiger partial charge in [0.2, 0.25) is 0 Å². The molecule has 0 saturated carbocycles. The van der Waals surface area contributed by atoms with Gasteiger partial charge in [0.25, 0.3) is 5.91 Å². The van der Waals surface area contributed by atoms with Crippen LogP contribution in [0.1, 0.15) is 26.3 Å². The predicted molar refractivity (Wildman–Crippen MR) is 131 cm³/mol. The van der Waals surface area contributed by atoms with Crippen LogP contribution in [0.2, 0.25) is 5.02 Å². The Labute approximate surface area is 203 Å². The smallest absolute Gasteiger partial charge is 0.335 e. The van der Waals surface area contributed by atoms with E-state index in [-0.39, 0.29) is 12.2 Å². The van der Waals surface area contributed by atoms with Gasteiger partial charge < -0.3 is 14.3 Å². The fourth-order valence-electron chi connectivity index (χ4n) is 3.04. The number of nitrogens with one attached hydrogen (secondary N) is 1. The summed E-state index contributed by atoms with van der Waals surface area (Å²) in [6, 6.07) is 15.4. The first-order valence-corrected chi connectivity index (χ1v) is 12.4. The molecule has 0 radical (unpaired) electrons. The molecule has 0 aliphatic carbocycles. The van der Waals surface area contributed by atoms with Gasteiger partial charge in [-0.1, -0.05) is 23.7 Å². The first-order chi connectivity index (χ1) is 16.0. The number of thioether (sulfide) groups is 2. The van der Waals surface area contributed by atoms with Gasteiger partial charge in [-0.15, -0.1) is 23.5 Å². The Morgan fingerprint density at radius 3 is 2.64 bits per heavy atom. The largest absolute Gasteiger partial charge is 0.484 e. The summed E-state index contributed by atoms with van der Waals surface area (Å²) in [5, 5.41) is 13.4. The summed E-state index contributed by atoms with van der Waals surface area (Å²) in [5.74, 6) is 2.22. The van der Waals surface area contributed by atoms with E-state index in [2.05, 4.69) is 10.5 Å². The number of halogens is 1. The molecule has 0 atom stereocenters. The second kappa shape index (κ2) is 10.8. The first-order valence-electron chi connectivity index (χ1n) is 9.90. The van der Waals surface area contributed by atoms with Crippen molar-refractivity contribution in [3.05, 3.63) is 76.5 Å². The fourth-order valence-corrected chi connectivity index (χ4v) is 6.11. The molecule has 0 spiro atoms. The van der Waals surface area contributed by atoms with E-state index < -0.39 is 11.9 Å². The molecular weight excluding hydrogens is 484 g/mol. The molecule has 1 aliphatic heterocycles. The Hall–Kier alpha value is -2.88. The van der Waals surface area contributed by atoms with Gasteiger partial charge in [0.1, 0.15) is 17.3 Å². The zero-order valence-corrected chi connectivity index (χ0v) is 19.6. The Morgan fingerprint density at radius 2 is 1.91 bits per heavy atom. The summed E-state index contributed by atoms with van der Waals surface area (Å²) in [7, 11) is 0. The summed E-state index contributed by atoms with van der Waals surface area (Å²) in [6.07, 6.45) is 1.34. The van der Waals surface area contributed by atoms with Crippen LogP contribution in [0.5, 0.6) is 5.75 Å². The van der Waals surface area contributed by atoms with Crippen LogP contribution in [0.15, 0.2) is 64.1 Å². The number of benzene rings is 2. The van der Waals surface area contributed by atoms with E-state index in [4.69, 9.17) is 25.9 Å². The Bertz CT molecular complexity index is 1170. The van der Waals surface area contributed by atoms with Crippen LogP contribution < -0.4 is 10.2 Å². The highest BCUT2D eigenvalue weighted by Crippen LogP contribution is 2.45. The average Bonchev–Trinajstić information content (AvgIpc) is 3.51. The number of hydrogen-bond acceptors (Lipinski definition) is 7. The van der Waals surface area contributed by atoms with E-state index in [0.29, 0.717) is 32.4 Å². The number of aromatic carboxylic acids is 1. The number of furan rings is 1. The van der Waals surface area contributed by atoms with Crippen molar-refractivity contribution in [3.8, 4) is 17.1 Å². The molecule has 4 rings (SSSR count).